The van der Waals surface area contributed by atoms with Crippen molar-refractivity contribution in [3.8, 4) is 11.3 Å². The minimum absolute atomic E-state index is 0.125. The van der Waals surface area contributed by atoms with E-state index in [4.69, 9.17) is 13.3 Å². The molecule has 5 nitrogen and oxygen atoms in total. The summed E-state index contributed by atoms with van der Waals surface area (Å²) in [5.41, 5.74) is 0.900. The molecule has 0 unspecified atom stereocenters. The fraction of sp³-hybridized carbons (Fsp3) is 0.136. The minimum Gasteiger partial charge on any atom is -0.545 e. The number of benzene rings is 1. The van der Waals surface area contributed by atoms with E-state index in [0.29, 0.717) is 11.5 Å². The Morgan fingerprint density at radius 1 is 0.741 bits per heavy atom. The monoisotopic (exact) mass is 361 g/mol. The molecule has 0 saturated carbocycles. The first-order chi connectivity index (χ1) is 13.0. The van der Waals surface area contributed by atoms with E-state index in [1.807, 2.05) is 50.2 Å². The van der Waals surface area contributed by atoms with Crippen molar-refractivity contribution in [3.05, 3.63) is 95.0 Å². The van der Waals surface area contributed by atoms with Crippen LogP contribution in [0.4, 0.5) is 0 Å². The van der Waals surface area contributed by atoms with Gasteiger partial charge in [-0.05, 0) is 55.8 Å². The van der Waals surface area contributed by atoms with E-state index in [2.05, 4.69) is 0 Å². The quantitative estimate of drug-likeness (QED) is 0.530. The summed E-state index contributed by atoms with van der Waals surface area (Å²) in [6.07, 6.45) is 0. The molecule has 3 heterocycles. The fourth-order valence-corrected chi connectivity index (χ4v) is 3.07. The van der Waals surface area contributed by atoms with Gasteiger partial charge in [-0.3, -0.25) is 0 Å². The van der Waals surface area contributed by atoms with Crippen LogP contribution in [0, 0.1) is 13.8 Å². The van der Waals surface area contributed by atoms with Crippen LogP contribution in [0.5, 0.6) is 0 Å². The van der Waals surface area contributed by atoms with Crippen LogP contribution in [0.15, 0.2) is 73.9 Å². The van der Waals surface area contributed by atoms with Gasteiger partial charge in [-0.2, -0.15) is 0 Å². The van der Waals surface area contributed by atoms with Crippen molar-refractivity contribution < 1.29 is 23.2 Å². The molecule has 0 spiro atoms. The maximum Gasteiger partial charge on any atom is 0.134 e. The van der Waals surface area contributed by atoms with Gasteiger partial charge in [-0.1, -0.05) is 24.3 Å². The molecule has 5 heteroatoms. The Morgan fingerprint density at radius 3 is 1.74 bits per heavy atom. The van der Waals surface area contributed by atoms with Crippen LogP contribution < -0.4 is 5.11 Å². The Balaban J connectivity index is 1.72. The van der Waals surface area contributed by atoms with E-state index >= 15 is 0 Å². The van der Waals surface area contributed by atoms with Crippen LogP contribution in [-0.4, -0.2) is 5.97 Å². The predicted molar refractivity (Wildman–Crippen MR) is 96.3 cm³/mol. The highest BCUT2D eigenvalue weighted by molar-refractivity contribution is 5.86. The van der Waals surface area contributed by atoms with Crippen molar-refractivity contribution in [1.29, 1.82) is 0 Å². The zero-order chi connectivity index (χ0) is 19.0. The second kappa shape index (κ2) is 6.68. The summed E-state index contributed by atoms with van der Waals surface area (Å²) in [4.78, 5) is 10.9. The summed E-state index contributed by atoms with van der Waals surface area (Å²) >= 11 is 0. The second-order valence-electron chi connectivity index (χ2n) is 6.40. The molecule has 0 aliphatic carbocycles. The van der Waals surface area contributed by atoms with Crippen LogP contribution in [-0.2, 0) is 0 Å². The molecule has 1 aromatic carbocycles. The summed E-state index contributed by atoms with van der Waals surface area (Å²) in [6, 6.07) is 17.7. The van der Waals surface area contributed by atoms with Crippen LogP contribution >= 0.6 is 0 Å². The normalized spacial score (nSPS) is 11.2. The minimum atomic E-state index is -1.21. The van der Waals surface area contributed by atoms with Gasteiger partial charge in [0.2, 0.25) is 0 Å². The van der Waals surface area contributed by atoms with Crippen molar-refractivity contribution in [3.63, 3.8) is 0 Å². The van der Waals surface area contributed by atoms with Gasteiger partial charge in [0.25, 0.3) is 0 Å². The molecule has 0 saturated heterocycles. The number of carbonyl (C=O) groups is 1. The number of aromatic carboxylic acids is 1. The van der Waals surface area contributed by atoms with E-state index in [0.717, 1.165) is 28.6 Å². The second-order valence-corrected chi connectivity index (χ2v) is 6.40. The first-order valence-electron chi connectivity index (χ1n) is 8.55. The molecule has 0 atom stereocenters. The van der Waals surface area contributed by atoms with Gasteiger partial charge in [-0.25, -0.2) is 0 Å². The number of rotatable bonds is 5. The highest BCUT2D eigenvalue weighted by Crippen LogP contribution is 2.36. The molecular weight excluding hydrogens is 344 g/mol. The van der Waals surface area contributed by atoms with Gasteiger partial charge in [0.05, 0.1) is 5.97 Å². The number of hydrogen-bond acceptors (Lipinski definition) is 5. The number of furan rings is 3. The van der Waals surface area contributed by atoms with Gasteiger partial charge in [0.1, 0.15) is 40.5 Å². The Kier molecular flexibility index (Phi) is 4.20. The molecule has 0 aliphatic heterocycles. The number of hydrogen-bond donors (Lipinski definition) is 0. The van der Waals surface area contributed by atoms with Crippen LogP contribution in [0.25, 0.3) is 11.3 Å². The lowest BCUT2D eigenvalue weighted by molar-refractivity contribution is -0.255. The van der Waals surface area contributed by atoms with E-state index in [1.54, 1.807) is 12.1 Å². The van der Waals surface area contributed by atoms with Gasteiger partial charge >= 0.3 is 0 Å². The standard InChI is InChI=1S/C22H18O5/c1-13-3-9-18(25-13)21(19-10-4-14(2)26-19)20-12-11-17(27-20)15-5-7-16(8-6-15)22(23)24/h3-12,21H,1-2H3,(H,23,24)/p-1. The van der Waals surface area contributed by atoms with Crippen molar-refractivity contribution >= 4 is 5.97 Å². The molecular formula is C22H17O5-. The SMILES string of the molecule is Cc1ccc(C(c2ccc(C)o2)c2ccc(-c3ccc(C(=O)[O-])cc3)o2)o1. The smallest absolute Gasteiger partial charge is 0.134 e. The fourth-order valence-electron chi connectivity index (χ4n) is 3.07. The third kappa shape index (κ3) is 3.31. The molecule has 27 heavy (non-hydrogen) atoms. The highest BCUT2D eigenvalue weighted by Gasteiger charge is 2.26. The predicted octanol–water partition coefficient (Wildman–Crippen LogP) is 4.29. The van der Waals surface area contributed by atoms with Crippen LogP contribution in [0.3, 0.4) is 0 Å². The molecule has 0 bridgehead atoms. The summed E-state index contributed by atoms with van der Waals surface area (Å²) in [6.45, 7) is 3.78. The lowest BCUT2D eigenvalue weighted by Crippen LogP contribution is -2.21. The number of carboxylic acid groups (broad SMARTS) is 1. The third-order valence-electron chi connectivity index (χ3n) is 4.41. The van der Waals surface area contributed by atoms with E-state index < -0.39 is 5.97 Å². The Bertz CT molecular complexity index is 1040. The third-order valence-corrected chi connectivity index (χ3v) is 4.41. The highest BCUT2D eigenvalue weighted by atomic mass is 16.4. The van der Waals surface area contributed by atoms with Crippen molar-refractivity contribution in [2.24, 2.45) is 0 Å². The zero-order valence-electron chi connectivity index (χ0n) is 14.9. The average Bonchev–Trinajstić information content (AvgIpc) is 3.38. The largest absolute Gasteiger partial charge is 0.545 e. The summed E-state index contributed by atoms with van der Waals surface area (Å²) in [5.74, 6) is 2.88. The molecule has 0 N–H and O–H groups in total. The summed E-state index contributed by atoms with van der Waals surface area (Å²) < 4.78 is 17.7. The average molecular weight is 361 g/mol. The number of aryl methyl sites for hydroxylation is 2. The van der Waals surface area contributed by atoms with Crippen molar-refractivity contribution in [1.82, 2.24) is 0 Å². The molecule has 4 rings (SSSR count). The molecule has 3 aromatic heterocycles. The molecule has 4 aromatic rings. The Labute approximate surface area is 155 Å². The molecule has 0 aliphatic rings. The van der Waals surface area contributed by atoms with E-state index in [1.165, 1.54) is 12.1 Å². The van der Waals surface area contributed by atoms with Gasteiger partial charge in [0, 0.05) is 5.56 Å². The van der Waals surface area contributed by atoms with Crippen LogP contribution in [0.1, 0.15) is 45.1 Å². The van der Waals surface area contributed by atoms with Crippen molar-refractivity contribution in [2.75, 3.05) is 0 Å². The van der Waals surface area contributed by atoms with Crippen LogP contribution in [0.2, 0.25) is 0 Å². The first kappa shape index (κ1) is 17.0. The Morgan fingerprint density at radius 2 is 1.26 bits per heavy atom. The lowest BCUT2D eigenvalue weighted by Gasteiger charge is -2.10. The lowest BCUT2D eigenvalue weighted by atomic mass is 10.0. The zero-order valence-corrected chi connectivity index (χ0v) is 14.9. The van der Waals surface area contributed by atoms with Gasteiger partial charge in [-0.15, -0.1) is 0 Å². The molecule has 0 radical (unpaired) electrons. The topological polar surface area (TPSA) is 79.5 Å². The van der Waals surface area contributed by atoms with Gasteiger partial charge < -0.3 is 23.2 Å². The van der Waals surface area contributed by atoms with E-state index in [9.17, 15) is 9.90 Å². The summed E-state index contributed by atoms with van der Waals surface area (Å²) in [5, 5.41) is 10.9. The maximum absolute atomic E-state index is 10.9. The number of carboxylic acids is 1. The molecule has 136 valence electrons. The number of carbonyl (C=O) groups excluding carboxylic acids is 1. The molecule has 0 fully saturated rings. The first-order valence-corrected chi connectivity index (χ1v) is 8.55. The van der Waals surface area contributed by atoms with Crippen molar-refractivity contribution in [2.45, 2.75) is 19.8 Å². The maximum atomic E-state index is 10.9. The Hall–Kier alpha value is -3.47. The van der Waals surface area contributed by atoms with E-state index in [-0.39, 0.29) is 11.5 Å². The molecule has 0 amide bonds. The van der Waals surface area contributed by atoms with Gasteiger partial charge in [0.15, 0.2) is 0 Å². The summed E-state index contributed by atoms with van der Waals surface area (Å²) in [7, 11) is 0.